The van der Waals surface area contributed by atoms with Crippen LogP contribution in [0.2, 0.25) is 0 Å². The smallest absolute Gasteiger partial charge is 0.341 e. The number of hydrogen-bond acceptors (Lipinski definition) is 3. The van der Waals surface area contributed by atoms with Gasteiger partial charge < -0.3 is 5.32 Å². The number of benzene rings is 1. The molecule has 0 aliphatic carbocycles. The molecule has 0 aromatic heterocycles. The second kappa shape index (κ2) is 7.67. The van der Waals surface area contributed by atoms with Crippen molar-refractivity contribution < 1.29 is 18.0 Å². The summed E-state index contributed by atoms with van der Waals surface area (Å²) in [5.74, 6) is -0.649. The number of unbranched alkanes of at least 4 members (excludes halogenated alkanes) is 1. The van der Waals surface area contributed by atoms with Gasteiger partial charge in [0.05, 0.1) is 6.07 Å². The van der Waals surface area contributed by atoms with Crippen LogP contribution in [0.25, 0.3) is 0 Å². The quantitative estimate of drug-likeness (QED) is 0.811. The van der Waals surface area contributed by atoms with E-state index in [9.17, 15) is 18.0 Å². The molecule has 1 fully saturated rings. The third kappa shape index (κ3) is 4.48. The molecule has 1 saturated heterocycles. The van der Waals surface area contributed by atoms with Crippen LogP contribution in [-0.2, 0) is 11.3 Å². The summed E-state index contributed by atoms with van der Waals surface area (Å²) in [5.41, 5.74) is -1.26. The zero-order chi connectivity index (χ0) is 17.6. The van der Waals surface area contributed by atoms with Crippen LogP contribution in [0.4, 0.5) is 13.2 Å². The summed E-state index contributed by atoms with van der Waals surface area (Å²) < 4.78 is 40.7. The Morgan fingerprint density at radius 3 is 2.67 bits per heavy atom. The second-order valence-corrected chi connectivity index (χ2v) is 6.09. The van der Waals surface area contributed by atoms with E-state index in [-0.39, 0.29) is 38.8 Å². The molecule has 7 heteroatoms. The minimum absolute atomic E-state index is 0.0654. The van der Waals surface area contributed by atoms with E-state index in [1.807, 2.05) is 36.4 Å². The fourth-order valence-corrected chi connectivity index (χ4v) is 2.93. The first-order chi connectivity index (χ1) is 11.4. The third-order valence-corrected chi connectivity index (χ3v) is 4.21. The Labute approximate surface area is 139 Å². The van der Waals surface area contributed by atoms with Crippen molar-refractivity contribution in [2.24, 2.45) is 0 Å². The van der Waals surface area contributed by atoms with Crippen molar-refractivity contribution >= 4 is 5.91 Å². The number of nitrogens with zero attached hydrogens (tertiary/aromatic N) is 2. The van der Waals surface area contributed by atoms with Crippen molar-refractivity contribution in [2.75, 3.05) is 13.1 Å². The topological polar surface area (TPSA) is 56.1 Å². The van der Waals surface area contributed by atoms with Crippen LogP contribution in [0.5, 0.6) is 0 Å². The maximum absolute atomic E-state index is 13.6. The molecule has 0 saturated carbocycles. The molecule has 1 aromatic rings. The SMILES string of the molecule is N#CCCCC(=O)NC1(C(F)(F)F)CCN(Cc2ccccc2)C1. The lowest BCUT2D eigenvalue weighted by molar-refractivity contribution is -0.195. The van der Waals surface area contributed by atoms with Gasteiger partial charge in [0.25, 0.3) is 0 Å². The van der Waals surface area contributed by atoms with Gasteiger partial charge in [-0.3, -0.25) is 9.69 Å². The van der Waals surface area contributed by atoms with Crippen LogP contribution >= 0.6 is 0 Å². The molecule has 24 heavy (non-hydrogen) atoms. The fraction of sp³-hybridized carbons (Fsp3) is 0.529. The molecule has 4 nitrogen and oxygen atoms in total. The first-order valence-electron chi connectivity index (χ1n) is 7.87. The Bertz CT molecular complexity index is 597. The molecule has 130 valence electrons. The van der Waals surface area contributed by atoms with Crippen LogP contribution < -0.4 is 5.32 Å². The molecule has 0 radical (unpaired) electrons. The van der Waals surface area contributed by atoms with Crippen LogP contribution in [0.3, 0.4) is 0 Å². The van der Waals surface area contributed by atoms with Crippen molar-refractivity contribution in [3.05, 3.63) is 35.9 Å². The predicted molar refractivity (Wildman–Crippen MR) is 82.7 cm³/mol. The number of carbonyl (C=O) groups is 1. The number of likely N-dealkylation sites (tertiary alicyclic amines) is 1. The molecule has 1 amide bonds. The van der Waals surface area contributed by atoms with Crippen molar-refractivity contribution in [3.8, 4) is 6.07 Å². The van der Waals surface area contributed by atoms with Crippen molar-refractivity contribution in [1.82, 2.24) is 10.2 Å². The summed E-state index contributed by atoms with van der Waals surface area (Å²) in [6.07, 6.45) is -4.31. The Hall–Kier alpha value is -2.07. The van der Waals surface area contributed by atoms with Gasteiger partial charge in [-0.05, 0) is 18.4 Å². The average Bonchev–Trinajstić information content (AvgIpc) is 2.92. The van der Waals surface area contributed by atoms with Crippen LogP contribution in [0.15, 0.2) is 30.3 Å². The number of carbonyl (C=O) groups excluding carboxylic acids is 1. The zero-order valence-electron chi connectivity index (χ0n) is 13.3. The highest BCUT2D eigenvalue weighted by atomic mass is 19.4. The van der Waals surface area contributed by atoms with Gasteiger partial charge in [0, 0.05) is 32.5 Å². The number of nitriles is 1. The Morgan fingerprint density at radius 1 is 1.33 bits per heavy atom. The minimum Gasteiger partial charge on any atom is -0.341 e. The largest absolute Gasteiger partial charge is 0.412 e. The van der Waals surface area contributed by atoms with Gasteiger partial charge in [-0.1, -0.05) is 30.3 Å². The van der Waals surface area contributed by atoms with Crippen LogP contribution in [0.1, 0.15) is 31.2 Å². The van der Waals surface area contributed by atoms with E-state index in [1.165, 1.54) is 0 Å². The molecule has 1 aliphatic rings. The van der Waals surface area contributed by atoms with E-state index in [0.717, 1.165) is 5.56 Å². The van der Waals surface area contributed by atoms with Gasteiger partial charge in [0.2, 0.25) is 5.91 Å². The van der Waals surface area contributed by atoms with Gasteiger partial charge in [-0.15, -0.1) is 0 Å². The maximum Gasteiger partial charge on any atom is 0.412 e. The number of alkyl halides is 3. The lowest BCUT2D eigenvalue weighted by Crippen LogP contribution is -2.60. The summed E-state index contributed by atoms with van der Waals surface area (Å²) in [6, 6.07) is 11.2. The molecular formula is C17H20F3N3O. The van der Waals surface area contributed by atoms with E-state index in [1.54, 1.807) is 4.90 Å². The molecule has 1 heterocycles. The van der Waals surface area contributed by atoms with E-state index < -0.39 is 17.6 Å². The van der Waals surface area contributed by atoms with Gasteiger partial charge in [0.1, 0.15) is 5.54 Å². The molecule has 1 atom stereocenters. The molecule has 2 rings (SSSR count). The summed E-state index contributed by atoms with van der Waals surface area (Å²) in [4.78, 5) is 13.6. The number of hydrogen-bond donors (Lipinski definition) is 1. The minimum atomic E-state index is -4.51. The van der Waals surface area contributed by atoms with E-state index in [2.05, 4.69) is 5.32 Å². The third-order valence-electron chi connectivity index (χ3n) is 4.21. The van der Waals surface area contributed by atoms with Gasteiger partial charge >= 0.3 is 6.18 Å². The second-order valence-electron chi connectivity index (χ2n) is 6.09. The van der Waals surface area contributed by atoms with E-state index in [0.29, 0.717) is 6.54 Å². The fourth-order valence-electron chi connectivity index (χ4n) is 2.93. The number of amides is 1. The monoisotopic (exact) mass is 339 g/mol. The Balaban J connectivity index is 2.02. The highest BCUT2D eigenvalue weighted by molar-refractivity contribution is 5.77. The highest BCUT2D eigenvalue weighted by Gasteiger charge is 2.58. The van der Waals surface area contributed by atoms with Gasteiger partial charge in [0.15, 0.2) is 0 Å². The van der Waals surface area contributed by atoms with Crippen LogP contribution in [0, 0.1) is 11.3 Å². The van der Waals surface area contributed by atoms with Crippen LogP contribution in [-0.4, -0.2) is 35.6 Å². The van der Waals surface area contributed by atoms with Gasteiger partial charge in [-0.2, -0.15) is 18.4 Å². The number of nitrogens with one attached hydrogen (secondary N) is 1. The van der Waals surface area contributed by atoms with Crippen molar-refractivity contribution in [2.45, 2.75) is 43.9 Å². The van der Waals surface area contributed by atoms with Crippen molar-refractivity contribution in [1.29, 1.82) is 5.26 Å². The zero-order valence-corrected chi connectivity index (χ0v) is 13.3. The van der Waals surface area contributed by atoms with E-state index in [4.69, 9.17) is 5.26 Å². The predicted octanol–water partition coefficient (Wildman–Crippen LogP) is 3.00. The average molecular weight is 339 g/mol. The molecular weight excluding hydrogens is 319 g/mol. The van der Waals surface area contributed by atoms with Gasteiger partial charge in [-0.25, -0.2) is 0 Å². The number of rotatable bonds is 6. The first-order valence-corrected chi connectivity index (χ1v) is 7.87. The van der Waals surface area contributed by atoms with E-state index >= 15 is 0 Å². The summed E-state index contributed by atoms with van der Waals surface area (Å²) in [6.45, 7) is 0.436. The highest BCUT2D eigenvalue weighted by Crippen LogP contribution is 2.38. The Morgan fingerprint density at radius 2 is 2.04 bits per heavy atom. The first kappa shape index (κ1) is 18.3. The maximum atomic E-state index is 13.6. The standard InChI is InChI=1S/C17H20F3N3O/c18-17(19,20)16(22-15(24)8-4-5-10-21)9-11-23(13-16)12-14-6-2-1-3-7-14/h1-3,6-7H,4-5,8-9,11-13H2,(H,22,24). The molecule has 1 aromatic carbocycles. The summed E-state index contributed by atoms with van der Waals surface area (Å²) in [7, 11) is 0. The summed E-state index contributed by atoms with van der Waals surface area (Å²) >= 11 is 0. The molecule has 1 N–H and O–H groups in total. The Kier molecular flexibility index (Phi) is 5.84. The lowest BCUT2D eigenvalue weighted by atomic mass is 9.97. The van der Waals surface area contributed by atoms with Crippen molar-refractivity contribution in [3.63, 3.8) is 0 Å². The molecule has 0 spiro atoms. The number of halogens is 3. The molecule has 1 aliphatic heterocycles. The molecule has 0 bridgehead atoms. The summed E-state index contributed by atoms with van der Waals surface area (Å²) in [5, 5.41) is 10.6. The normalized spacial score (nSPS) is 21.4. The lowest BCUT2D eigenvalue weighted by Gasteiger charge is -2.33. The molecule has 1 unspecified atom stereocenters.